The molecule has 0 aliphatic rings. The number of furan rings is 1. The molecule has 0 fully saturated rings. The Bertz CT molecular complexity index is 908. The maximum absolute atomic E-state index is 11.6. The predicted molar refractivity (Wildman–Crippen MR) is 86.6 cm³/mol. The van der Waals surface area contributed by atoms with Crippen molar-refractivity contribution in [3.05, 3.63) is 52.1 Å². The first-order chi connectivity index (χ1) is 10.6. The van der Waals surface area contributed by atoms with Crippen LogP contribution in [0.1, 0.15) is 26.3 Å². The maximum atomic E-state index is 11.6. The number of ether oxygens (including phenoxy) is 1. The van der Waals surface area contributed by atoms with Gasteiger partial charge in [-0.3, -0.25) is 0 Å². The molecule has 114 valence electrons. The first kappa shape index (κ1) is 14.4. The molecule has 0 N–H and O–H groups in total. The van der Waals surface area contributed by atoms with Crippen molar-refractivity contribution in [2.45, 2.75) is 27.2 Å². The lowest BCUT2D eigenvalue weighted by Gasteiger charge is -2.11. The standard InChI is InChI=1S/C18H18O4/c1-4-12-13-5-6-15(19)22-17(13)18(21-9-7-11(2)3)16-14(12)8-10-20-16/h5-8,10H,4,9H2,1-3H3. The third-order valence-corrected chi connectivity index (χ3v) is 3.63. The Labute approximate surface area is 128 Å². The summed E-state index contributed by atoms with van der Waals surface area (Å²) in [4.78, 5) is 11.6. The second-order valence-corrected chi connectivity index (χ2v) is 5.41. The molecule has 22 heavy (non-hydrogen) atoms. The van der Waals surface area contributed by atoms with E-state index in [0.29, 0.717) is 23.5 Å². The Morgan fingerprint density at radius 3 is 2.68 bits per heavy atom. The number of allylic oxidation sites excluding steroid dienone is 1. The van der Waals surface area contributed by atoms with Gasteiger partial charge in [0.2, 0.25) is 5.75 Å². The number of rotatable bonds is 4. The summed E-state index contributed by atoms with van der Waals surface area (Å²) in [5.41, 5.74) is 2.94. The van der Waals surface area contributed by atoms with E-state index in [1.165, 1.54) is 6.07 Å². The van der Waals surface area contributed by atoms with Gasteiger partial charge in [-0.2, -0.15) is 0 Å². The van der Waals surface area contributed by atoms with Crippen molar-refractivity contribution in [3.8, 4) is 5.75 Å². The lowest BCUT2D eigenvalue weighted by molar-refractivity contribution is 0.355. The lowest BCUT2D eigenvalue weighted by Crippen LogP contribution is -2.01. The third kappa shape index (κ3) is 2.41. The Morgan fingerprint density at radius 1 is 1.18 bits per heavy atom. The molecule has 0 amide bonds. The fraction of sp³-hybridized carbons (Fsp3) is 0.278. The van der Waals surface area contributed by atoms with Crippen LogP contribution < -0.4 is 10.4 Å². The monoisotopic (exact) mass is 298 g/mol. The largest absolute Gasteiger partial charge is 0.482 e. The molecule has 0 saturated heterocycles. The van der Waals surface area contributed by atoms with Crippen LogP contribution in [0.4, 0.5) is 0 Å². The summed E-state index contributed by atoms with van der Waals surface area (Å²) in [5.74, 6) is 0.488. The molecule has 3 rings (SSSR count). The molecule has 0 aliphatic carbocycles. The van der Waals surface area contributed by atoms with Crippen LogP contribution in [0, 0.1) is 0 Å². The highest BCUT2D eigenvalue weighted by atomic mass is 16.5. The number of hydrogen-bond donors (Lipinski definition) is 0. The first-order valence-corrected chi connectivity index (χ1v) is 7.34. The molecule has 0 bridgehead atoms. The number of benzene rings is 1. The zero-order valence-corrected chi connectivity index (χ0v) is 12.9. The average molecular weight is 298 g/mol. The fourth-order valence-electron chi connectivity index (χ4n) is 2.60. The van der Waals surface area contributed by atoms with Crippen molar-refractivity contribution in [1.82, 2.24) is 0 Å². The van der Waals surface area contributed by atoms with Crippen LogP contribution in [0.2, 0.25) is 0 Å². The number of aryl methyl sites for hydroxylation is 1. The molecule has 0 saturated carbocycles. The SMILES string of the molecule is CCc1c2ccoc2c(OCC=C(C)C)c2oc(=O)ccc12. The number of hydrogen-bond acceptors (Lipinski definition) is 4. The zero-order chi connectivity index (χ0) is 15.7. The normalized spacial score (nSPS) is 11.0. The smallest absolute Gasteiger partial charge is 0.336 e. The molecule has 1 aromatic carbocycles. The van der Waals surface area contributed by atoms with Gasteiger partial charge in [-0.1, -0.05) is 12.5 Å². The van der Waals surface area contributed by atoms with Crippen LogP contribution in [-0.2, 0) is 6.42 Å². The van der Waals surface area contributed by atoms with E-state index in [4.69, 9.17) is 13.6 Å². The van der Waals surface area contributed by atoms with Gasteiger partial charge in [-0.25, -0.2) is 4.79 Å². The van der Waals surface area contributed by atoms with Gasteiger partial charge in [0.1, 0.15) is 6.61 Å². The van der Waals surface area contributed by atoms with Crippen molar-refractivity contribution in [3.63, 3.8) is 0 Å². The van der Waals surface area contributed by atoms with Crippen molar-refractivity contribution in [2.24, 2.45) is 0 Å². The molecule has 0 atom stereocenters. The molecule has 0 unspecified atom stereocenters. The summed E-state index contributed by atoms with van der Waals surface area (Å²) in [7, 11) is 0. The van der Waals surface area contributed by atoms with E-state index in [2.05, 4.69) is 6.92 Å². The van der Waals surface area contributed by atoms with Crippen LogP contribution in [0.5, 0.6) is 5.75 Å². The summed E-state index contributed by atoms with van der Waals surface area (Å²) < 4.78 is 16.9. The van der Waals surface area contributed by atoms with Crippen molar-refractivity contribution < 1.29 is 13.6 Å². The van der Waals surface area contributed by atoms with Crippen molar-refractivity contribution in [1.29, 1.82) is 0 Å². The summed E-state index contributed by atoms with van der Waals surface area (Å²) in [6, 6.07) is 5.15. The topological polar surface area (TPSA) is 52.6 Å². The second kappa shape index (κ2) is 5.72. The second-order valence-electron chi connectivity index (χ2n) is 5.41. The Morgan fingerprint density at radius 2 is 1.95 bits per heavy atom. The predicted octanol–water partition coefficient (Wildman–Crippen LogP) is 4.45. The zero-order valence-electron chi connectivity index (χ0n) is 12.9. The lowest BCUT2D eigenvalue weighted by atomic mass is 10.0. The average Bonchev–Trinajstić information content (AvgIpc) is 2.95. The summed E-state index contributed by atoms with van der Waals surface area (Å²) in [6.07, 6.45) is 4.42. The molecule has 0 radical (unpaired) electrons. The number of fused-ring (bicyclic) bond motifs is 2. The van der Waals surface area contributed by atoms with E-state index < -0.39 is 5.63 Å². The van der Waals surface area contributed by atoms with Gasteiger partial charge in [-0.05, 0) is 44.0 Å². The first-order valence-electron chi connectivity index (χ1n) is 7.34. The van der Waals surface area contributed by atoms with E-state index in [0.717, 1.165) is 28.3 Å². The van der Waals surface area contributed by atoms with E-state index in [1.54, 1.807) is 12.3 Å². The molecular weight excluding hydrogens is 280 g/mol. The van der Waals surface area contributed by atoms with Crippen LogP contribution in [0.25, 0.3) is 21.9 Å². The minimum absolute atomic E-state index is 0.396. The molecule has 2 heterocycles. The van der Waals surface area contributed by atoms with Gasteiger partial charge < -0.3 is 13.6 Å². The highest BCUT2D eigenvalue weighted by molar-refractivity contribution is 6.03. The molecule has 0 spiro atoms. The minimum Gasteiger partial charge on any atom is -0.482 e. The van der Waals surface area contributed by atoms with Crippen molar-refractivity contribution >= 4 is 21.9 Å². The quantitative estimate of drug-likeness (QED) is 0.527. The van der Waals surface area contributed by atoms with Crippen molar-refractivity contribution in [2.75, 3.05) is 6.61 Å². The van der Waals surface area contributed by atoms with Gasteiger partial charge >= 0.3 is 5.63 Å². The van der Waals surface area contributed by atoms with Crippen LogP contribution in [0.15, 0.2) is 49.7 Å². The van der Waals surface area contributed by atoms with E-state index >= 15 is 0 Å². The molecule has 3 aromatic rings. The molecular formula is C18H18O4. The van der Waals surface area contributed by atoms with E-state index in [9.17, 15) is 4.79 Å². The van der Waals surface area contributed by atoms with Gasteiger partial charge in [0.05, 0.1) is 6.26 Å². The summed E-state index contributed by atoms with van der Waals surface area (Å²) in [5, 5.41) is 1.89. The highest BCUT2D eigenvalue weighted by Crippen LogP contribution is 2.38. The van der Waals surface area contributed by atoms with E-state index in [-0.39, 0.29) is 0 Å². The minimum atomic E-state index is -0.396. The summed E-state index contributed by atoms with van der Waals surface area (Å²) in [6.45, 7) is 6.47. The fourth-order valence-corrected chi connectivity index (χ4v) is 2.60. The molecule has 2 aromatic heterocycles. The van der Waals surface area contributed by atoms with Crippen LogP contribution in [-0.4, -0.2) is 6.61 Å². The Hall–Kier alpha value is -2.49. The van der Waals surface area contributed by atoms with Gasteiger partial charge in [0.25, 0.3) is 0 Å². The third-order valence-electron chi connectivity index (χ3n) is 3.63. The Balaban J connectivity index is 2.30. The summed E-state index contributed by atoms with van der Waals surface area (Å²) >= 11 is 0. The van der Waals surface area contributed by atoms with Gasteiger partial charge in [0, 0.05) is 16.8 Å². The molecule has 4 nitrogen and oxygen atoms in total. The highest BCUT2D eigenvalue weighted by Gasteiger charge is 2.18. The molecule has 4 heteroatoms. The maximum Gasteiger partial charge on any atom is 0.336 e. The molecule has 0 aliphatic heterocycles. The van der Waals surface area contributed by atoms with Crippen LogP contribution >= 0.6 is 0 Å². The van der Waals surface area contributed by atoms with E-state index in [1.807, 2.05) is 26.0 Å². The van der Waals surface area contributed by atoms with Crippen LogP contribution in [0.3, 0.4) is 0 Å². The Kier molecular flexibility index (Phi) is 3.75. The van der Waals surface area contributed by atoms with Gasteiger partial charge in [-0.15, -0.1) is 0 Å². The van der Waals surface area contributed by atoms with Gasteiger partial charge in [0.15, 0.2) is 11.2 Å².